The van der Waals surface area contributed by atoms with E-state index < -0.39 is 0 Å². The zero-order chi connectivity index (χ0) is 13.7. The van der Waals surface area contributed by atoms with Gasteiger partial charge in [0, 0.05) is 30.8 Å². The van der Waals surface area contributed by atoms with Crippen LogP contribution in [0.2, 0.25) is 0 Å². The molecule has 5 nitrogen and oxygen atoms in total. The Balaban J connectivity index is 1.97. The number of nitrogens with two attached hydrogens (primary N) is 1. The van der Waals surface area contributed by atoms with Crippen molar-refractivity contribution in [2.45, 2.75) is 25.8 Å². The largest absolute Gasteiger partial charge is 0.409 e. The molecule has 6 heteroatoms. The van der Waals surface area contributed by atoms with Gasteiger partial charge in [0.25, 0.3) is 0 Å². The van der Waals surface area contributed by atoms with Crippen LogP contribution in [0.5, 0.6) is 0 Å². The van der Waals surface area contributed by atoms with E-state index in [4.69, 9.17) is 10.9 Å². The predicted octanol–water partition coefficient (Wildman–Crippen LogP) is 1.41. The molecule has 0 atom stereocenters. The van der Waals surface area contributed by atoms with Gasteiger partial charge in [-0.3, -0.25) is 5.43 Å². The Morgan fingerprint density at radius 3 is 2.74 bits per heavy atom. The fourth-order valence-electron chi connectivity index (χ4n) is 2.16. The average molecular weight is 266 g/mol. The van der Waals surface area contributed by atoms with Gasteiger partial charge in [-0.2, -0.15) is 0 Å². The fourth-order valence-corrected chi connectivity index (χ4v) is 2.16. The highest BCUT2D eigenvalue weighted by Crippen LogP contribution is 2.12. The first kappa shape index (κ1) is 13.8. The minimum Gasteiger partial charge on any atom is -0.409 e. The molecule has 0 unspecified atom stereocenters. The Labute approximate surface area is 111 Å². The summed E-state index contributed by atoms with van der Waals surface area (Å²) in [6.45, 7) is 2.45. The van der Waals surface area contributed by atoms with Crippen molar-refractivity contribution >= 4 is 5.84 Å². The number of nitrogens with one attached hydrogen (secondary N) is 1. The van der Waals surface area contributed by atoms with E-state index in [9.17, 15) is 4.39 Å². The summed E-state index contributed by atoms with van der Waals surface area (Å²) in [6, 6.07) is 4.58. The molecule has 1 saturated heterocycles. The third kappa shape index (κ3) is 3.65. The molecule has 0 saturated carbocycles. The van der Waals surface area contributed by atoms with Crippen LogP contribution in [0.4, 0.5) is 4.39 Å². The number of hydrazine groups is 1. The van der Waals surface area contributed by atoms with E-state index >= 15 is 0 Å². The summed E-state index contributed by atoms with van der Waals surface area (Å²) < 4.78 is 13.9. The topological polar surface area (TPSA) is 73.9 Å². The van der Waals surface area contributed by atoms with Gasteiger partial charge in [0.05, 0.1) is 0 Å². The Morgan fingerprint density at radius 2 is 2.11 bits per heavy atom. The number of oxime groups is 1. The van der Waals surface area contributed by atoms with Gasteiger partial charge in [0.2, 0.25) is 0 Å². The summed E-state index contributed by atoms with van der Waals surface area (Å²) >= 11 is 0. The van der Waals surface area contributed by atoms with Crippen LogP contribution in [-0.4, -0.2) is 29.1 Å². The van der Waals surface area contributed by atoms with Crippen molar-refractivity contribution < 1.29 is 9.60 Å². The van der Waals surface area contributed by atoms with E-state index in [-0.39, 0.29) is 11.7 Å². The molecule has 1 aliphatic heterocycles. The fraction of sp³-hybridized carbons (Fsp3) is 0.462. The highest BCUT2D eigenvalue weighted by atomic mass is 19.1. The van der Waals surface area contributed by atoms with Crippen LogP contribution in [0.1, 0.15) is 30.4 Å². The molecule has 104 valence electrons. The van der Waals surface area contributed by atoms with Crippen molar-refractivity contribution in [3.8, 4) is 0 Å². The molecule has 0 spiro atoms. The second-order valence-corrected chi connectivity index (χ2v) is 4.67. The zero-order valence-corrected chi connectivity index (χ0v) is 10.8. The molecule has 1 heterocycles. The molecular formula is C13H19FN4O. The van der Waals surface area contributed by atoms with E-state index in [0.29, 0.717) is 17.7 Å². The van der Waals surface area contributed by atoms with E-state index in [1.807, 2.05) is 0 Å². The average Bonchev–Trinajstić information content (AvgIpc) is 2.46. The Morgan fingerprint density at radius 1 is 1.37 bits per heavy atom. The van der Waals surface area contributed by atoms with Gasteiger partial charge in [-0.1, -0.05) is 23.7 Å². The molecule has 2 rings (SSSR count). The van der Waals surface area contributed by atoms with Crippen LogP contribution < -0.4 is 11.2 Å². The predicted molar refractivity (Wildman–Crippen MR) is 71.2 cm³/mol. The lowest BCUT2D eigenvalue weighted by molar-refractivity contribution is 0.150. The molecule has 4 N–H and O–H groups in total. The molecule has 0 radical (unpaired) electrons. The van der Waals surface area contributed by atoms with Crippen LogP contribution in [0.3, 0.4) is 0 Å². The minimum absolute atomic E-state index is 0.0885. The first-order valence-electron chi connectivity index (χ1n) is 6.45. The second-order valence-electron chi connectivity index (χ2n) is 4.67. The SMILES string of the molecule is N/C(=N/O)c1ccc(CNN2CCCCC2)c(F)c1. The molecule has 19 heavy (non-hydrogen) atoms. The smallest absolute Gasteiger partial charge is 0.170 e. The summed E-state index contributed by atoms with van der Waals surface area (Å²) in [5.41, 5.74) is 9.58. The first-order chi connectivity index (χ1) is 9.20. The van der Waals surface area contributed by atoms with Crippen LogP contribution in [0, 0.1) is 5.82 Å². The van der Waals surface area contributed by atoms with Crippen LogP contribution in [0.15, 0.2) is 23.4 Å². The summed E-state index contributed by atoms with van der Waals surface area (Å²) in [5, 5.41) is 13.5. The highest BCUT2D eigenvalue weighted by molar-refractivity contribution is 5.97. The van der Waals surface area contributed by atoms with Gasteiger partial charge in [-0.05, 0) is 18.9 Å². The van der Waals surface area contributed by atoms with Gasteiger partial charge in [-0.15, -0.1) is 0 Å². The van der Waals surface area contributed by atoms with Crippen molar-refractivity contribution in [2.24, 2.45) is 10.9 Å². The lowest BCUT2D eigenvalue weighted by atomic mass is 10.1. The Kier molecular flexibility index (Phi) is 4.70. The number of amidine groups is 1. The monoisotopic (exact) mass is 266 g/mol. The summed E-state index contributed by atoms with van der Waals surface area (Å²) in [6.07, 6.45) is 3.62. The summed E-state index contributed by atoms with van der Waals surface area (Å²) in [4.78, 5) is 0. The molecule has 0 aliphatic carbocycles. The van der Waals surface area contributed by atoms with Crippen molar-refractivity contribution in [1.29, 1.82) is 0 Å². The van der Waals surface area contributed by atoms with Crippen molar-refractivity contribution in [2.75, 3.05) is 13.1 Å². The third-order valence-corrected chi connectivity index (χ3v) is 3.31. The standard InChI is InChI=1S/C13H19FN4O/c14-12-8-10(13(15)17-19)4-5-11(12)9-16-18-6-2-1-3-7-18/h4-5,8,16,19H,1-3,6-7,9H2,(H2,15,17). The molecule has 1 fully saturated rings. The molecular weight excluding hydrogens is 247 g/mol. The van der Waals surface area contributed by atoms with E-state index in [0.717, 1.165) is 13.1 Å². The molecule has 0 aromatic heterocycles. The Bertz CT molecular complexity index is 458. The molecule has 1 aromatic rings. The number of piperidine rings is 1. The number of rotatable bonds is 4. The number of halogens is 1. The molecule has 0 bridgehead atoms. The van der Waals surface area contributed by atoms with Crippen molar-refractivity contribution in [3.05, 3.63) is 35.1 Å². The number of hydrogen-bond donors (Lipinski definition) is 3. The molecule has 0 amide bonds. The molecule has 1 aromatic carbocycles. The van der Waals surface area contributed by atoms with Gasteiger partial charge >= 0.3 is 0 Å². The molecule has 1 aliphatic rings. The van der Waals surface area contributed by atoms with Crippen molar-refractivity contribution in [3.63, 3.8) is 0 Å². The maximum absolute atomic E-state index is 13.9. The highest BCUT2D eigenvalue weighted by Gasteiger charge is 2.11. The van der Waals surface area contributed by atoms with E-state index in [2.05, 4.69) is 15.6 Å². The van der Waals surface area contributed by atoms with Crippen LogP contribution >= 0.6 is 0 Å². The van der Waals surface area contributed by atoms with Crippen molar-refractivity contribution in [1.82, 2.24) is 10.4 Å². The lowest BCUT2D eigenvalue weighted by Gasteiger charge is -2.27. The number of nitrogens with zero attached hydrogens (tertiary/aromatic N) is 2. The number of benzene rings is 1. The van der Waals surface area contributed by atoms with E-state index in [1.165, 1.54) is 25.3 Å². The van der Waals surface area contributed by atoms with Gasteiger partial charge in [0.1, 0.15) is 5.82 Å². The van der Waals surface area contributed by atoms with Crippen LogP contribution in [0.25, 0.3) is 0 Å². The maximum atomic E-state index is 13.9. The summed E-state index contributed by atoms with van der Waals surface area (Å²) in [5.74, 6) is -0.442. The summed E-state index contributed by atoms with van der Waals surface area (Å²) in [7, 11) is 0. The van der Waals surface area contributed by atoms with Gasteiger partial charge in [-0.25, -0.2) is 9.40 Å². The van der Waals surface area contributed by atoms with Gasteiger partial charge in [0.15, 0.2) is 5.84 Å². The quantitative estimate of drug-likeness (QED) is 0.333. The maximum Gasteiger partial charge on any atom is 0.170 e. The first-order valence-corrected chi connectivity index (χ1v) is 6.45. The number of hydrogen-bond acceptors (Lipinski definition) is 4. The van der Waals surface area contributed by atoms with Gasteiger partial charge < -0.3 is 10.9 Å². The zero-order valence-electron chi connectivity index (χ0n) is 10.8. The van der Waals surface area contributed by atoms with E-state index in [1.54, 1.807) is 12.1 Å². The minimum atomic E-state index is -0.353. The third-order valence-electron chi connectivity index (χ3n) is 3.31. The normalized spacial score (nSPS) is 17.6. The second kappa shape index (κ2) is 6.49. The lowest BCUT2D eigenvalue weighted by Crippen LogP contribution is -2.41. The Hall–Kier alpha value is -1.66. The van der Waals surface area contributed by atoms with Crippen LogP contribution in [-0.2, 0) is 6.54 Å².